The first-order chi connectivity index (χ1) is 32.3. The van der Waals surface area contributed by atoms with Gasteiger partial charge in [-0.3, -0.25) is 14.6 Å². The zero-order valence-electron chi connectivity index (χ0n) is 39.4. The molecule has 67 heavy (non-hydrogen) atoms. The van der Waals surface area contributed by atoms with E-state index in [0.717, 1.165) is 6.42 Å². The Bertz CT molecular complexity index is 2040. The number of aliphatic hydroxyl groups excluding tert-OH is 1. The van der Waals surface area contributed by atoms with Gasteiger partial charge in [-0.25, -0.2) is 9.36 Å². The minimum absolute atomic E-state index is 0.00922. The van der Waals surface area contributed by atoms with E-state index in [9.17, 15) is 14.7 Å². The molecule has 0 aromatic carbocycles. The normalized spacial score (nSPS) is 16.6. The van der Waals surface area contributed by atoms with Gasteiger partial charge in [0.15, 0.2) is 12.0 Å². The lowest BCUT2D eigenvalue weighted by atomic mass is 9.98. The van der Waals surface area contributed by atoms with E-state index in [2.05, 4.69) is 50.7 Å². The van der Waals surface area contributed by atoms with Crippen molar-refractivity contribution < 1.29 is 28.9 Å². The number of nitrogens with two attached hydrogens (primary N) is 4. The molecule has 25 heteroatoms. The number of piperazine rings is 2. The van der Waals surface area contributed by atoms with E-state index >= 15 is 0 Å². The van der Waals surface area contributed by atoms with Crippen LogP contribution in [0.5, 0.6) is 0 Å². The smallest absolute Gasteiger partial charge is 0.250 e. The van der Waals surface area contributed by atoms with Crippen LogP contribution in [0.2, 0.25) is 0 Å². The van der Waals surface area contributed by atoms with Crippen LogP contribution in [0.4, 0.5) is 17.8 Å². The molecule has 25 nitrogen and oxygen atoms in total. The monoisotopic (exact) mass is 938 g/mol. The summed E-state index contributed by atoms with van der Waals surface area (Å²) in [6, 6.07) is -2.25. The Morgan fingerprint density at radius 3 is 1.84 bits per heavy atom. The van der Waals surface area contributed by atoms with Crippen LogP contribution in [0.3, 0.4) is 0 Å². The molecule has 0 saturated carbocycles. The third-order valence-electron chi connectivity index (χ3n) is 11.8. The molecule has 1 unspecified atom stereocenters. The van der Waals surface area contributed by atoms with E-state index in [0.29, 0.717) is 141 Å². The molecule has 3 aromatic heterocycles. The molecule has 370 valence electrons. The van der Waals surface area contributed by atoms with Crippen LogP contribution >= 0.6 is 0 Å². The van der Waals surface area contributed by atoms with Gasteiger partial charge in [-0.2, -0.15) is 15.0 Å². The van der Waals surface area contributed by atoms with Crippen molar-refractivity contribution in [2.24, 2.45) is 39.8 Å². The maximum Gasteiger partial charge on any atom is 0.250 e. The summed E-state index contributed by atoms with van der Waals surface area (Å²) in [5.41, 5.74) is 25.1. The Hall–Kier alpha value is -5.78. The highest BCUT2D eigenvalue weighted by molar-refractivity contribution is 5.81. The average Bonchev–Trinajstić information content (AvgIpc) is 4.04. The second kappa shape index (κ2) is 26.5. The molecule has 0 bridgehead atoms. The number of carbonyl (C=O) groups is 2. The first-order valence-electron chi connectivity index (χ1n) is 23.1. The molecule has 5 atom stereocenters. The number of amides is 2. The van der Waals surface area contributed by atoms with E-state index in [1.165, 1.54) is 4.68 Å². The molecule has 2 saturated heterocycles. The fourth-order valence-corrected chi connectivity index (χ4v) is 7.41. The Kier molecular flexibility index (Phi) is 20.7. The Labute approximate surface area is 392 Å². The Morgan fingerprint density at radius 1 is 0.791 bits per heavy atom. The number of nitrogens with one attached hydrogen (secondary N) is 1. The lowest BCUT2D eigenvalue weighted by molar-refractivity contribution is -0.137. The number of anilines is 3. The van der Waals surface area contributed by atoms with Crippen molar-refractivity contribution in [3.05, 3.63) is 23.8 Å². The van der Waals surface area contributed by atoms with E-state index in [4.69, 9.17) is 58.5 Å². The van der Waals surface area contributed by atoms with E-state index < -0.39 is 18.7 Å². The fraction of sp³-hybridized carbons (Fsp3) is 0.714. The third kappa shape index (κ3) is 15.1. The molecule has 0 spiro atoms. The Balaban J connectivity index is 1.25. The molecule has 5 heterocycles. The van der Waals surface area contributed by atoms with Crippen LogP contribution < -0.4 is 38.1 Å². The number of carbonyl (C=O) groups excluding carboxylic acids is 2. The highest BCUT2D eigenvalue weighted by Gasteiger charge is 2.33. The van der Waals surface area contributed by atoms with Crippen molar-refractivity contribution in [3.8, 4) is 12.3 Å². The van der Waals surface area contributed by atoms with Gasteiger partial charge in [0, 0.05) is 65.4 Å². The van der Waals surface area contributed by atoms with Gasteiger partial charge in [0.25, 0.3) is 0 Å². The summed E-state index contributed by atoms with van der Waals surface area (Å²) in [5.74, 6) is 3.55. The zero-order valence-corrected chi connectivity index (χ0v) is 39.4. The first kappa shape index (κ1) is 52.2. The topological polar surface area (TPSA) is 324 Å². The lowest BCUT2D eigenvalue weighted by Gasteiger charge is -2.38. The van der Waals surface area contributed by atoms with E-state index in [-0.39, 0.29) is 48.3 Å². The van der Waals surface area contributed by atoms with Crippen molar-refractivity contribution in [2.45, 2.75) is 71.1 Å². The quantitative estimate of drug-likeness (QED) is 0.0223. The molecule has 0 aliphatic carbocycles. The number of terminal acetylenes is 1. The van der Waals surface area contributed by atoms with Gasteiger partial charge in [-0.15, -0.1) is 16.6 Å². The molecule has 2 amide bonds. The summed E-state index contributed by atoms with van der Waals surface area (Å²) in [5, 5.41) is 30.5. The summed E-state index contributed by atoms with van der Waals surface area (Å²) in [6.45, 7) is 13.9. The molecule has 3 aromatic rings. The number of aliphatic imine (C=N–C) groups is 1. The number of hydrogen-bond acceptors (Lipinski definition) is 19. The van der Waals surface area contributed by atoms with Crippen LogP contribution in [0.15, 0.2) is 17.4 Å². The van der Waals surface area contributed by atoms with Crippen molar-refractivity contribution >= 4 is 35.6 Å². The standard InChI is InChI=1S/C42H71N19O6/c1-6-20-65-22-24-67-25-23-66-21-11-48-40-49-41(51-42(50-40)59-18-14-57(15-19-59)38(64)34(28-62)61-26-31(52-55-61)35(43)29(3)4)58-16-12-56(13-17-58)37(63)33(9-8-10-47-39(45)46)60-27-32(53-54-60)36(44)30(5)7-2/h1,26-27,29-30,33-36,62H,7-25,28,43-44H2,2-5H3,(H4,45,46,47)(H,48,49,50,51)/t30-,33-,34-,35-,36?/m0/s1. The summed E-state index contributed by atoms with van der Waals surface area (Å²) in [7, 11) is 0. The molecular weight excluding hydrogens is 867 g/mol. The van der Waals surface area contributed by atoms with Crippen molar-refractivity contribution in [1.82, 2.24) is 54.7 Å². The lowest BCUT2D eigenvalue weighted by Crippen LogP contribution is -2.52. The maximum absolute atomic E-state index is 14.3. The van der Waals surface area contributed by atoms with Crippen LogP contribution in [0.1, 0.15) is 82.5 Å². The SMILES string of the molecule is C#CCOCCOCCOCCNc1nc(N2CCN(C(=O)[C@H](CCCN=C(N)N)n3cc(C(N)[C@@H](C)CC)nn3)CC2)nc(N2CCN(C(=O)[C@H](CO)n3cc([C@@H](N)C(C)C)nn3)CC2)n1. The van der Waals surface area contributed by atoms with Crippen molar-refractivity contribution in [3.63, 3.8) is 0 Å². The van der Waals surface area contributed by atoms with Crippen LogP contribution in [0.25, 0.3) is 0 Å². The minimum Gasteiger partial charge on any atom is -0.394 e. The summed E-state index contributed by atoms with van der Waals surface area (Å²) < 4.78 is 19.5. The molecule has 2 aliphatic rings. The summed E-state index contributed by atoms with van der Waals surface area (Å²) >= 11 is 0. The number of aliphatic hydroxyl groups is 1. The van der Waals surface area contributed by atoms with Crippen molar-refractivity contribution in [2.75, 3.05) is 127 Å². The number of rotatable bonds is 27. The number of ether oxygens (including phenoxy) is 3. The molecular formula is C42H71N19O6. The highest BCUT2D eigenvalue weighted by Crippen LogP contribution is 2.25. The number of guanidine groups is 1. The van der Waals surface area contributed by atoms with Gasteiger partial charge in [-0.1, -0.05) is 50.5 Å². The molecule has 2 aliphatic heterocycles. The molecule has 0 radical (unpaired) electrons. The Morgan fingerprint density at radius 2 is 1.31 bits per heavy atom. The van der Waals surface area contributed by atoms with Gasteiger partial charge >= 0.3 is 0 Å². The highest BCUT2D eigenvalue weighted by atomic mass is 16.5. The maximum atomic E-state index is 14.3. The summed E-state index contributed by atoms with van der Waals surface area (Å²) in [6.07, 6.45) is 10.5. The number of aromatic nitrogens is 9. The average molecular weight is 938 g/mol. The third-order valence-corrected chi connectivity index (χ3v) is 11.8. The number of nitrogens with zero attached hydrogens (tertiary/aromatic N) is 14. The van der Waals surface area contributed by atoms with Gasteiger partial charge < -0.3 is 67.2 Å². The first-order valence-corrected chi connectivity index (χ1v) is 23.1. The van der Waals surface area contributed by atoms with Crippen LogP contribution in [0, 0.1) is 24.2 Å². The minimum atomic E-state index is -0.944. The largest absolute Gasteiger partial charge is 0.394 e. The summed E-state index contributed by atoms with van der Waals surface area (Å²) in [4.78, 5) is 54.1. The molecule has 5 rings (SSSR count). The van der Waals surface area contributed by atoms with Gasteiger partial charge in [0.05, 0.1) is 75.5 Å². The van der Waals surface area contributed by atoms with E-state index in [1.807, 2.05) is 28.5 Å². The second-order valence-electron chi connectivity index (χ2n) is 16.9. The predicted octanol–water partition coefficient (Wildman–Crippen LogP) is -1.32. The molecule has 2 fully saturated rings. The number of hydrogen-bond donors (Lipinski definition) is 6. The van der Waals surface area contributed by atoms with Crippen LogP contribution in [-0.2, 0) is 23.8 Å². The molecule has 10 N–H and O–H groups in total. The van der Waals surface area contributed by atoms with Gasteiger partial charge in [-0.05, 0) is 24.7 Å². The van der Waals surface area contributed by atoms with Crippen molar-refractivity contribution in [1.29, 1.82) is 0 Å². The van der Waals surface area contributed by atoms with Gasteiger partial charge in [0.2, 0.25) is 29.7 Å². The van der Waals surface area contributed by atoms with Crippen LogP contribution in [-0.4, -0.2) is 189 Å². The second-order valence-corrected chi connectivity index (χ2v) is 16.9. The fourth-order valence-electron chi connectivity index (χ4n) is 7.41. The zero-order chi connectivity index (χ0) is 48.3. The van der Waals surface area contributed by atoms with Gasteiger partial charge in [0.1, 0.15) is 12.6 Å². The predicted molar refractivity (Wildman–Crippen MR) is 250 cm³/mol. The van der Waals surface area contributed by atoms with E-state index in [1.54, 1.807) is 22.0 Å².